The second-order valence-electron chi connectivity index (χ2n) is 34.8. The van der Waals surface area contributed by atoms with Gasteiger partial charge in [-0.1, -0.05) is 72.1 Å². The van der Waals surface area contributed by atoms with Crippen LogP contribution in [0.4, 0.5) is 48.7 Å². The number of urea groups is 1. The minimum atomic E-state index is -5.04. The summed E-state index contributed by atoms with van der Waals surface area (Å²) < 4.78 is 355. The van der Waals surface area contributed by atoms with Crippen molar-refractivity contribution in [2.75, 3.05) is 64.9 Å². The van der Waals surface area contributed by atoms with Crippen molar-refractivity contribution in [1.29, 1.82) is 0 Å². The summed E-state index contributed by atoms with van der Waals surface area (Å²) in [7, 11) is -29.3. The molecule has 5 aliphatic carbocycles. The molecule has 4 aliphatic heterocycles. The van der Waals surface area contributed by atoms with Gasteiger partial charge in [0.15, 0.2) is 85.6 Å². The molecule has 0 spiro atoms. The Kier molecular flexibility index (Phi) is 30.3. The van der Waals surface area contributed by atoms with Crippen LogP contribution in [0.15, 0.2) is 165 Å². The van der Waals surface area contributed by atoms with Gasteiger partial charge in [0.05, 0.1) is 79.3 Å². The number of rotatable bonds is 23. The van der Waals surface area contributed by atoms with Crippen LogP contribution in [0, 0.1) is 93.9 Å². The normalized spacial score (nSPS) is 25.3. The Morgan fingerprint density at radius 3 is 0.859 bits per heavy atom. The molecule has 0 aromatic heterocycles. The molecule has 0 unspecified atom stereocenters. The lowest BCUT2D eigenvalue weighted by atomic mass is 9.67. The number of sulfonamides is 3. The third kappa shape index (κ3) is 19.1. The first-order chi connectivity index (χ1) is 63.5. The van der Waals surface area contributed by atoms with E-state index in [1.165, 1.54) is 104 Å². The predicted molar refractivity (Wildman–Crippen MR) is 484 cm³/mol. The molecule has 135 heavy (non-hydrogen) atoms. The fourth-order valence-electron chi connectivity index (χ4n) is 20.9. The van der Waals surface area contributed by atoms with Crippen molar-refractivity contribution in [3.63, 3.8) is 0 Å². The van der Waals surface area contributed by atoms with E-state index in [0.29, 0.717) is 73.0 Å². The maximum absolute atomic E-state index is 15.3. The Morgan fingerprint density at radius 2 is 0.607 bits per heavy atom. The van der Waals surface area contributed by atoms with E-state index in [1.54, 1.807) is 6.92 Å². The molecule has 4 heterocycles. The molecule has 17 rings (SSSR count). The van der Waals surface area contributed by atoms with Crippen molar-refractivity contribution >= 4 is 122 Å². The van der Waals surface area contributed by atoms with Crippen LogP contribution in [0.1, 0.15) is 133 Å². The Hall–Kier alpha value is -7.78. The van der Waals surface area contributed by atoms with E-state index in [9.17, 15) is 90.1 Å². The van der Waals surface area contributed by atoms with Gasteiger partial charge in [-0.05, 0) is 247 Å². The van der Waals surface area contributed by atoms with E-state index >= 15 is 17.6 Å². The summed E-state index contributed by atoms with van der Waals surface area (Å²) >= 11 is 23.8. The van der Waals surface area contributed by atoms with Gasteiger partial charge >= 0.3 is 11.3 Å². The number of carbonyl (C=O) groups is 1. The third-order valence-electron chi connectivity index (χ3n) is 27.5. The molecule has 2 amide bonds. The second-order valence-corrected chi connectivity index (χ2v) is 51.6. The third-order valence-corrected chi connectivity index (χ3v) is 43.5. The summed E-state index contributed by atoms with van der Waals surface area (Å²) in [6.07, 6.45) is 4.67. The van der Waals surface area contributed by atoms with Crippen molar-refractivity contribution in [1.82, 2.24) is 24.8 Å². The first kappa shape index (κ1) is 103. The molecule has 0 saturated heterocycles. The van der Waals surface area contributed by atoms with Crippen LogP contribution in [0.2, 0.25) is 20.1 Å². The number of benzene rings is 8. The summed E-state index contributed by atoms with van der Waals surface area (Å²) in [4.78, 5) is 11.6. The highest BCUT2D eigenvalue weighted by atomic mass is 35.5. The van der Waals surface area contributed by atoms with Crippen molar-refractivity contribution in [2.24, 2.45) is 47.3 Å². The molecular formula is C90H95Cl4F10N5O19S7. The molecule has 5 fully saturated rings. The van der Waals surface area contributed by atoms with Crippen molar-refractivity contribution < 1.29 is 127 Å². The molecule has 8 aromatic carbocycles. The smallest absolute Gasteiger partial charge is 0.356 e. The molecule has 24 nitrogen and oxygen atoms in total. The summed E-state index contributed by atoms with van der Waals surface area (Å²) in [5.41, 5.74) is -1.38. The van der Waals surface area contributed by atoms with Crippen LogP contribution in [0.25, 0.3) is 0 Å². The molecule has 0 radical (unpaired) electrons. The number of hydrogen-bond acceptors (Lipinski definition) is 19. The highest BCUT2D eigenvalue weighted by molar-refractivity contribution is 7.93. The SMILES string of the molecule is CC(F)(F)S(=O)(=O)NC[C@@H]1CCC[C@@]2(S(=O)(=O)c3ccc(Cl)cc3)c3c(F)ccc(F)c3OC[C@@H]12.CCNC(=O)NC[C@@H]1CCC[C@@]2(S(=O)(=O)c3ccc(Cl)cc3)c3c(F)ccc(F)c3OC[C@@H]12.CCS(=O)(=O)NC[C@@H]1CCC[C@@]2(S(=O)(=O)c3ccc(Cl)cc3)c3c(F)ccc(F)c3OC[C@@H]12.O=S(=O)(NC[C@@H]1CCC[C@@]2(S(=O)(=O)c3ccc(Cl)cc3)c3c(F)ccc(F)c3OC[C@@H]12)C1CC1. The van der Waals surface area contributed by atoms with Crippen LogP contribution < -0.4 is 43.7 Å². The van der Waals surface area contributed by atoms with Gasteiger partial charge in [-0.2, -0.15) is 8.78 Å². The van der Waals surface area contributed by atoms with E-state index in [1.807, 2.05) is 4.72 Å². The maximum atomic E-state index is 15.3. The first-order valence-corrected chi connectivity index (χ1v) is 55.5. The first-order valence-electron chi connectivity index (χ1n) is 43.4. The van der Waals surface area contributed by atoms with Crippen molar-refractivity contribution in [3.8, 4) is 23.0 Å². The quantitative estimate of drug-likeness (QED) is 0.0371. The minimum absolute atomic E-state index is 0.0109. The number of alkyl halides is 2. The van der Waals surface area contributed by atoms with Gasteiger partial charge in [0, 0.05) is 83.4 Å². The minimum Gasteiger partial charge on any atom is -0.490 e. The average Bonchev–Trinajstić information content (AvgIpc) is 1.16. The largest absolute Gasteiger partial charge is 0.490 e. The lowest BCUT2D eigenvalue weighted by Crippen LogP contribution is -2.56. The number of amides is 2. The molecule has 5 saturated carbocycles. The zero-order valence-corrected chi connectivity index (χ0v) is 81.2. The van der Waals surface area contributed by atoms with E-state index in [0.717, 1.165) is 48.5 Å². The Bertz CT molecular complexity index is 6700. The number of hydrogen-bond donors (Lipinski definition) is 5. The van der Waals surface area contributed by atoms with Crippen LogP contribution in [0.3, 0.4) is 0 Å². The molecule has 8 aromatic rings. The van der Waals surface area contributed by atoms with Gasteiger partial charge in [-0.15, -0.1) is 0 Å². The van der Waals surface area contributed by atoms with Gasteiger partial charge in [0.25, 0.3) is 10.0 Å². The monoisotopic (exact) mass is 2100 g/mol. The van der Waals surface area contributed by atoms with Crippen LogP contribution >= 0.6 is 46.4 Å². The van der Waals surface area contributed by atoms with Crippen molar-refractivity contribution in [3.05, 3.63) is 234 Å². The van der Waals surface area contributed by atoms with Gasteiger partial charge in [0.2, 0.25) is 20.0 Å². The summed E-state index contributed by atoms with van der Waals surface area (Å²) in [5, 5.41) is 2.21. The highest BCUT2D eigenvalue weighted by Crippen LogP contribution is 2.64. The van der Waals surface area contributed by atoms with E-state index < -0.39 is 216 Å². The number of ether oxygens (including phenoxy) is 4. The Balaban J connectivity index is 0.000000144. The molecule has 5 N–H and O–H groups in total. The predicted octanol–water partition coefficient (Wildman–Crippen LogP) is 17.3. The Morgan fingerprint density at radius 1 is 0.356 bits per heavy atom. The molecule has 734 valence electrons. The molecular weight excluding hydrogens is 2010 g/mol. The van der Waals surface area contributed by atoms with Crippen LogP contribution in [0.5, 0.6) is 23.0 Å². The lowest BCUT2D eigenvalue weighted by molar-refractivity contribution is 0.0755. The summed E-state index contributed by atoms with van der Waals surface area (Å²) in [6, 6.07) is 28.8. The summed E-state index contributed by atoms with van der Waals surface area (Å²) in [5.74, 6) is -14.2. The fourth-order valence-corrected chi connectivity index (χ4v) is 33.9. The van der Waals surface area contributed by atoms with Gasteiger partial charge in [-0.25, -0.2) is 113 Å². The standard InChI is InChI=1S/C23H25ClF2N2O4S.C23H24ClF2NO5S2.C22H22ClF4NO5S2.C22H24ClF2NO5S2/c1-2-27-22(29)28-12-14-4-3-11-23(33(30,31)16-7-5-15(24)6-8-16)17(14)13-32-21-19(26)10-9-18(25)20(21)23;24-15-3-5-16(6-4-15)33(28,29)23-11-1-2-14(12-27-34(30,31)17-7-8-17)18(23)13-32-22-20(26)10-9-19(25)21(22)23;1-21(26,27)35(31,32)28-11-13-3-2-10-22(34(29,30)15-6-4-14(23)5-7-15)16(13)12-33-20-18(25)9-8-17(24)19(20)22;1-2-32(27,28)26-12-14-4-3-11-22(33(29,30)16-7-5-15(23)6-8-16)17(14)13-31-21-19(25)10-9-18(24)20(21)22/h5-10,14,17H,2-4,11-13H2,1H3,(H2,27,28,29);3-6,9-10,14,17-18,27H,1-2,7-8,11-13H2;4-9,13,16,28H,2-3,10-12H2,1H3;5-10,14,17,26H,2-4,11-13H2,1H3/t14-,17-,23-;14-,18-,23-;13-,16-,22-;14-,17-,22-/m0000/s1. The van der Waals surface area contributed by atoms with Crippen molar-refractivity contribution in [2.45, 2.75) is 160 Å². The highest BCUT2D eigenvalue weighted by Gasteiger charge is 2.66. The number of carbonyl (C=O) groups excluding carboxylic acids is 1. The van der Waals surface area contributed by atoms with Gasteiger partial charge in [0.1, 0.15) is 42.3 Å². The van der Waals surface area contributed by atoms with Crippen LogP contribution in [-0.2, 0) is 88.4 Å². The molecule has 45 heteroatoms. The molecule has 9 aliphatic rings. The topological polar surface area (TPSA) is 353 Å². The molecule has 0 bridgehead atoms. The Labute approximate surface area is 796 Å². The zero-order chi connectivity index (χ0) is 97.9. The van der Waals surface area contributed by atoms with E-state index in [2.05, 4.69) is 20.1 Å². The number of fused-ring (bicyclic) bond motifs is 12. The lowest BCUT2D eigenvalue weighted by Gasteiger charge is -2.50. The summed E-state index contributed by atoms with van der Waals surface area (Å²) in [6.45, 7) is 2.76. The van der Waals surface area contributed by atoms with Gasteiger partial charge < -0.3 is 29.6 Å². The van der Waals surface area contributed by atoms with Gasteiger partial charge in [-0.3, -0.25) is 0 Å². The number of sulfone groups is 4. The fraction of sp³-hybridized carbons (Fsp3) is 0.456. The maximum Gasteiger partial charge on any atom is 0.356 e. The molecule has 12 atom stereocenters. The van der Waals surface area contributed by atoms with E-state index in [4.69, 9.17) is 65.4 Å². The zero-order valence-electron chi connectivity index (χ0n) is 72.4. The van der Waals surface area contributed by atoms with Crippen LogP contribution in [-0.4, -0.2) is 140 Å². The average molecular weight is 2110 g/mol. The number of nitrogens with one attached hydrogen (secondary N) is 5. The second kappa shape index (κ2) is 39.7. The number of halogens is 14. The van der Waals surface area contributed by atoms with E-state index in [-0.39, 0.29) is 156 Å².